The average Bonchev–Trinajstić information content (AvgIpc) is 2.51. The van der Waals surface area contributed by atoms with Gasteiger partial charge in [-0.3, -0.25) is 0 Å². The molecule has 0 saturated carbocycles. The fraction of sp³-hybridized carbons (Fsp3) is 1.00. The van der Waals surface area contributed by atoms with E-state index in [1.807, 2.05) is 0 Å². The first kappa shape index (κ1) is 21.0. The SMILES string of the molecule is CCCCCCCCC(CCCC)C(CC)CCCCC. The summed E-state index contributed by atoms with van der Waals surface area (Å²) in [7, 11) is 0. The summed E-state index contributed by atoms with van der Waals surface area (Å²) in [5.41, 5.74) is 0. The van der Waals surface area contributed by atoms with Crippen molar-refractivity contribution in [2.24, 2.45) is 11.8 Å². The second-order valence-electron chi connectivity index (χ2n) is 7.12. The predicted molar refractivity (Wildman–Crippen MR) is 98.9 cm³/mol. The Hall–Kier alpha value is 0. The van der Waals surface area contributed by atoms with Gasteiger partial charge in [0.15, 0.2) is 0 Å². The summed E-state index contributed by atoms with van der Waals surface area (Å²) in [6, 6.07) is 0. The highest BCUT2D eigenvalue weighted by Crippen LogP contribution is 2.31. The van der Waals surface area contributed by atoms with E-state index < -0.39 is 0 Å². The molecule has 0 N–H and O–H groups in total. The van der Waals surface area contributed by atoms with Gasteiger partial charge in [-0.2, -0.15) is 0 Å². The third kappa shape index (κ3) is 12.2. The zero-order chi connectivity index (χ0) is 15.8. The smallest absolute Gasteiger partial charge is 0.0386 e. The quantitative estimate of drug-likeness (QED) is 0.252. The molecule has 0 saturated heterocycles. The van der Waals surface area contributed by atoms with Gasteiger partial charge in [-0.05, 0) is 11.8 Å². The lowest BCUT2D eigenvalue weighted by Gasteiger charge is -2.26. The fourth-order valence-electron chi connectivity index (χ4n) is 3.70. The molecular formula is C21H44. The van der Waals surface area contributed by atoms with Crippen molar-refractivity contribution < 1.29 is 0 Å². The topological polar surface area (TPSA) is 0 Å². The summed E-state index contributed by atoms with van der Waals surface area (Å²) in [6.45, 7) is 9.41. The van der Waals surface area contributed by atoms with Gasteiger partial charge in [-0.1, -0.05) is 124 Å². The second kappa shape index (κ2) is 16.4. The first-order valence-corrected chi connectivity index (χ1v) is 10.3. The average molecular weight is 297 g/mol. The minimum Gasteiger partial charge on any atom is -0.0654 e. The van der Waals surface area contributed by atoms with Crippen molar-refractivity contribution in [2.75, 3.05) is 0 Å². The minimum atomic E-state index is 1.01. The zero-order valence-corrected chi connectivity index (χ0v) is 15.8. The van der Waals surface area contributed by atoms with Gasteiger partial charge in [-0.15, -0.1) is 0 Å². The lowest BCUT2D eigenvalue weighted by atomic mass is 9.79. The van der Waals surface area contributed by atoms with E-state index >= 15 is 0 Å². The van der Waals surface area contributed by atoms with Gasteiger partial charge in [0.1, 0.15) is 0 Å². The van der Waals surface area contributed by atoms with Crippen LogP contribution in [0.1, 0.15) is 124 Å². The van der Waals surface area contributed by atoms with Crippen molar-refractivity contribution in [1.82, 2.24) is 0 Å². The Bertz CT molecular complexity index is 184. The first-order valence-electron chi connectivity index (χ1n) is 10.3. The monoisotopic (exact) mass is 296 g/mol. The Labute approximate surface area is 136 Å². The molecule has 2 unspecified atom stereocenters. The standard InChI is InChI=1S/C21H44/c1-5-9-12-13-14-16-19-21(17-11-7-3)20(8-4)18-15-10-6-2/h20-21H,5-19H2,1-4H3. The molecule has 0 aromatic carbocycles. The summed E-state index contributed by atoms with van der Waals surface area (Å²) >= 11 is 0. The zero-order valence-electron chi connectivity index (χ0n) is 15.8. The van der Waals surface area contributed by atoms with Crippen LogP contribution in [-0.4, -0.2) is 0 Å². The van der Waals surface area contributed by atoms with Crippen LogP contribution in [0.5, 0.6) is 0 Å². The van der Waals surface area contributed by atoms with Crippen LogP contribution in [0.3, 0.4) is 0 Å². The van der Waals surface area contributed by atoms with E-state index in [0.29, 0.717) is 0 Å². The molecule has 0 aromatic heterocycles. The second-order valence-corrected chi connectivity index (χ2v) is 7.12. The molecule has 0 fully saturated rings. The van der Waals surface area contributed by atoms with Gasteiger partial charge in [-0.25, -0.2) is 0 Å². The molecule has 0 rings (SSSR count). The van der Waals surface area contributed by atoms with E-state index in [4.69, 9.17) is 0 Å². The lowest BCUT2D eigenvalue weighted by Crippen LogP contribution is -2.15. The van der Waals surface area contributed by atoms with Crippen LogP contribution in [0.4, 0.5) is 0 Å². The van der Waals surface area contributed by atoms with Crippen LogP contribution in [-0.2, 0) is 0 Å². The van der Waals surface area contributed by atoms with Crippen molar-refractivity contribution in [3.05, 3.63) is 0 Å². The number of hydrogen-bond donors (Lipinski definition) is 0. The molecule has 0 bridgehead atoms. The van der Waals surface area contributed by atoms with Crippen LogP contribution in [0.15, 0.2) is 0 Å². The van der Waals surface area contributed by atoms with Crippen molar-refractivity contribution in [3.63, 3.8) is 0 Å². The molecule has 0 radical (unpaired) electrons. The molecule has 0 aliphatic carbocycles. The Kier molecular flexibility index (Phi) is 16.4. The van der Waals surface area contributed by atoms with Gasteiger partial charge in [0.05, 0.1) is 0 Å². The highest BCUT2D eigenvalue weighted by atomic mass is 14.2. The number of unbranched alkanes of at least 4 members (excludes halogenated alkanes) is 8. The van der Waals surface area contributed by atoms with Crippen LogP contribution in [0.25, 0.3) is 0 Å². The number of rotatable bonds is 16. The van der Waals surface area contributed by atoms with Gasteiger partial charge in [0.2, 0.25) is 0 Å². The molecular weight excluding hydrogens is 252 g/mol. The molecule has 2 atom stereocenters. The van der Waals surface area contributed by atoms with Crippen LogP contribution >= 0.6 is 0 Å². The molecule has 0 nitrogen and oxygen atoms in total. The van der Waals surface area contributed by atoms with Crippen LogP contribution in [0, 0.1) is 11.8 Å². The molecule has 0 aliphatic rings. The Morgan fingerprint density at radius 2 is 0.857 bits per heavy atom. The maximum atomic E-state index is 2.43. The summed E-state index contributed by atoms with van der Waals surface area (Å²) in [5.74, 6) is 2.04. The summed E-state index contributed by atoms with van der Waals surface area (Å²) in [5, 5.41) is 0. The first-order chi connectivity index (χ1) is 10.3. The summed E-state index contributed by atoms with van der Waals surface area (Å²) in [6.07, 6.45) is 21.7. The van der Waals surface area contributed by atoms with Gasteiger partial charge in [0.25, 0.3) is 0 Å². The van der Waals surface area contributed by atoms with E-state index in [0.717, 1.165) is 11.8 Å². The molecule has 0 amide bonds. The molecule has 0 heteroatoms. The number of hydrogen-bond acceptors (Lipinski definition) is 0. The minimum absolute atomic E-state index is 1.01. The highest BCUT2D eigenvalue weighted by molar-refractivity contribution is 4.70. The molecule has 0 aliphatic heterocycles. The lowest BCUT2D eigenvalue weighted by molar-refractivity contribution is 0.251. The van der Waals surface area contributed by atoms with Gasteiger partial charge in [0, 0.05) is 0 Å². The van der Waals surface area contributed by atoms with E-state index in [1.54, 1.807) is 0 Å². The van der Waals surface area contributed by atoms with E-state index in [-0.39, 0.29) is 0 Å². The molecule has 0 spiro atoms. The van der Waals surface area contributed by atoms with Crippen LogP contribution in [0.2, 0.25) is 0 Å². The normalized spacial score (nSPS) is 14.3. The van der Waals surface area contributed by atoms with E-state index in [1.165, 1.54) is 96.3 Å². The van der Waals surface area contributed by atoms with Crippen molar-refractivity contribution in [1.29, 1.82) is 0 Å². The Morgan fingerprint density at radius 1 is 0.429 bits per heavy atom. The molecule has 21 heavy (non-hydrogen) atoms. The van der Waals surface area contributed by atoms with Gasteiger partial charge < -0.3 is 0 Å². The van der Waals surface area contributed by atoms with E-state index in [9.17, 15) is 0 Å². The van der Waals surface area contributed by atoms with Crippen molar-refractivity contribution in [2.45, 2.75) is 124 Å². The third-order valence-corrected chi connectivity index (χ3v) is 5.23. The molecule has 128 valence electrons. The molecule has 0 heterocycles. The maximum Gasteiger partial charge on any atom is -0.0386 e. The largest absolute Gasteiger partial charge is 0.0654 e. The van der Waals surface area contributed by atoms with Crippen molar-refractivity contribution in [3.8, 4) is 0 Å². The fourth-order valence-corrected chi connectivity index (χ4v) is 3.70. The van der Waals surface area contributed by atoms with Crippen molar-refractivity contribution >= 4 is 0 Å². The maximum absolute atomic E-state index is 2.43. The highest BCUT2D eigenvalue weighted by Gasteiger charge is 2.18. The molecule has 0 aromatic rings. The van der Waals surface area contributed by atoms with Gasteiger partial charge >= 0.3 is 0 Å². The van der Waals surface area contributed by atoms with E-state index in [2.05, 4.69) is 27.7 Å². The predicted octanol–water partition coefficient (Wildman–Crippen LogP) is 8.15. The Balaban J connectivity index is 4.01. The summed E-state index contributed by atoms with van der Waals surface area (Å²) in [4.78, 5) is 0. The Morgan fingerprint density at radius 3 is 1.48 bits per heavy atom. The van der Waals surface area contributed by atoms with Crippen LogP contribution < -0.4 is 0 Å². The summed E-state index contributed by atoms with van der Waals surface area (Å²) < 4.78 is 0. The third-order valence-electron chi connectivity index (χ3n) is 5.23.